The van der Waals surface area contributed by atoms with Crippen LogP contribution in [0.5, 0.6) is 5.75 Å². The quantitative estimate of drug-likeness (QED) is 0.790. The molecule has 0 aliphatic carbocycles. The van der Waals surface area contributed by atoms with Gasteiger partial charge in [-0.3, -0.25) is 9.69 Å². The third-order valence-corrected chi connectivity index (χ3v) is 4.34. The number of para-hydroxylation sites is 1. The summed E-state index contributed by atoms with van der Waals surface area (Å²) in [6, 6.07) is 13.9. The average molecular weight is 328 g/mol. The molecule has 0 unspecified atom stereocenters. The number of carbonyl (C=O) groups is 1. The Balaban J connectivity index is 1.57. The number of methoxy groups -OCH3 is 1. The molecule has 1 fully saturated rings. The van der Waals surface area contributed by atoms with Crippen molar-refractivity contribution >= 4 is 11.5 Å². The fourth-order valence-electron chi connectivity index (χ4n) is 2.98. The van der Waals surface area contributed by atoms with E-state index in [9.17, 15) is 9.18 Å². The zero-order chi connectivity index (χ0) is 16.9. The number of carbonyl (C=O) groups excluding carboxylic acids is 1. The molecule has 126 valence electrons. The SMILES string of the molecule is COc1ccccc1C(=O)CN1CCN(c2ccc(F)cc2)CC1. The van der Waals surface area contributed by atoms with Crippen molar-refractivity contribution in [2.24, 2.45) is 0 Å². The number of ether oxygens (including phenoxy) is 1. The third-order valence-electron chi connectivity index (χ3n) is 4.34. The van der Waals surface area contributed by atoms with Gasteiger partial charge in [-0.1, -0.05) is 12.1 Å². The first-order valence-corrected chi connectivity index (χ1v) is 8.06. The van der Waals surface area contributed by atoms with Gasteiger partial charge in [-0.25, -0.2) is 4.39 Å². The number of hydrogen-bond donors (Lipinski definition) is 0. The predicted octanol–water partition coefficient (Wildman–Crippen LogP) is 2.84. The molecule has 4 nitrogen and oxygen atoms in total. The van der Waals surface area contributed by atoms with Gasteiger partial charge in [-0.05, 0) is 36.4 Å². The molecule has 2 aromatic rings. The van der Waals surface area contributed by atoms with Crippen molar-refractivity contribution in [1.82, 2.24) is 4.90 Å². The lowest BCUT2D eigenvalue weighted by molar-refractivity contribution is 0.0923. The van der Waals surface area contributed by atoms with Crippen LogP contribution in [0.2, 0.25) is 0 Å². The van der Waals surface area contributed by atoms with Gasteiger partial charge in [-0.15, -0.1) is 0 Å². The van der Waals surface area contributed by atoms with E-state index in [4.69, 9.17) is 4.74 Å². The number of anilines is 1. The number of ketones is 1. The maximum Gasteiger partial charge on any atom is 0.180 e. The predicted molar refractivity (Wildman–Crippen MR) is 92.4 cm³/mol. The Morgan fingerprint density at radius 3 is 2.38 bits per heavy atom. The number of benzene rings is 2. The van der Waals surface area contributed by atoms with Crippen LogP contribution in [0.4, 0.5) is 10.1 Å². The van der Waals surface area contributed by atoms with Crippen LogP contribution in [-0.2, 0) is 0 Å². The first kappa shape index (κ1) is 16.5. The summed E-state index contributed by atoms with van der Waals surface area (Å²) in [6.45, 7) is 3.64. The molecule has 1 aliphatic heterocycles. The highest BCUT2D eigenvalue weighted by Gasteiger charge is 2.21. The molecule has 2 aromatic carbocycles. The van der Waals surface area contributed by atoms with Crippen molar-refractivity contribution in [2.75, 3.05) is 44.7 Å². The summed E-state index contributed by atoms with van der Waals surface area (Å²) in [5.41, 5.74) is 1.65. The Morgan fingerprint density at radius 1 is 1.04 bits per heavy atom. The van der Waals surface area contributed by atoms with Crippen LogP contribution in [0, 0.1) is 5.82 Å². The lowest BCUT2D eigenvalue weighted by Crippen LogP contribution is -2.48. The van der Waals surface area contributed by atoms with Gasteiger partial charge >= 0.3 is 0 Å². The molecule has 0 amide bonds. The Morgan fingerprint density at radius 2 is 1.71 bits per heavy atom. The van der Waals surface area contributed by atoms with Crippen molar-refractivity contribution in [3.63, 3.8) is 0 Å². The van der Waals surface area contributed by atoms with Crippen LogP contribution in [0.3, 0.4) is 0 Å². The van der Waals surface area contributed by atoms with Crippen LogP contribution in [0.15, 0.2) is 48.5 Å². The van der Waals surface area contributed by atoms with E-state index in [-0.39, 0.29) is 11.6 Å². The minimum Gasteiger partial charge on any atom is -0.496 e. The standard InChI is InChI=1S/C19H21FN2O2/c1-24-19-5-3-2-4-17(19)18(23)14-21-10-12-22(13-11-21)16-8-6-15(20)7-9-16/h2-9H,10-14H2,1H3. The van der Waals surface area contributed by atoms with E-state index in [1.165, 1.54) is 12.1 Å². The van der Waals surface area contributed by atoms with Crippen molar-refractivity contribution in [1.29, 1.82) is 0 Å². The summed E-state index contributed by atoms with van der Waals surface area (Å²) in [5.74, 6) is 0.468. The van der Waals surface area contributed by atoms with E-state index >= 15 is 0 Å². The zero-order valence-electron chi connectivity index (χ0n) is 13.7. The summed E-state index contributed by atoms with van der Waals surface area (Å²) < 4.78 is 18.3. The molecule has 0 bridgehead atoms. The topological polar surface area (TPSA) is 32.8 Å². The molecule has 0 spiro atoms. The highest BCUT2D eigenvalue weighted by molar-refractivity contribution is 6.00. The first-order chi connectivity index (χ1) is 11.7. The van der Waals surface area contributed by atoms with Gasteiger partial charge in [0.15, 0.2) is 5.78 Å². The molecule has 0 N–H and O–H groups in total. The molecule has 0 atom stereocenters. The molecule has 0 radical (unpaired) electrons. The summed E-state index contributed by atoms with van der Waals surface area (Å²) in [4.78, 5) is 16.9. The van der Waals surface area contributed by atoms with Gasteiger partial charge in [-0.2, -0.15) is 0 Å². The van der Waals surface area contributed by atoms with E-state index in [0.29, 0.717) is 17.9 Å². The smallest absolute Gasteiger partial charge is 0.180 e. The number of halogens is 1. The van der Waals surface area contributed by atoms with E-state index in [1.54, 1.807) is 31.4 Å². The first-order valence-electron chi connectivity index (χ1n) is 8.06. The van der Waals surface area contributed by atoms with Gasteiger partial charge in [0.05, 0.1) is 19.2 Å². The van der Waals surface area contributed by atoms with E-state index in [2.05, 4.69) is 9.80 Å². The second-order valence-electron chi connectivity index (χ2n) is 5.86. The number of piperazine rings is 1. The Labute approximate surface area is 141 Å². The van der Waals surface area contributed by atoms with E-state index < -0.39 is 0 Å². The second kappa shape index (κ2) is 7.45. The zero-order valence-corrected chi connectivity index (χ0v) is 13.7. The van der Waals surface area contributed by atoms with Crippen LogP contribution >= 0.6 is 0 Å². The fraction of sp³-hybridized carbons (Fsp3) is 0.316. The van der Waals surface area contributed by atoms with Crippen molar-refractivity contribution in [2.45, 2.75) is 0 Å². The molecule has 3 rings (SSSR count). The molecule has 0 aromatic heterocycles. The lowest BCUT2D eigenvalue weighted by Gasteiger charge is -2.35. The van der Waals surface area contributed by atoms with Gasteiger partial charge in [0, 0.05) is 31.9 Å². The van der Waals surface area contributed by atoms with Crippen molar-refractivity contribution < 1.29 is 13.9 Å². The monoisotopic (exact) mass is 328 g/mol. The molecule has 1 saturated heterocycles. The summed E-state index contributed by atoms with van der Waals surface area (Å²) in [5, 5.41) is 0. The largest absolute Gasteiger partial charge is 0.496 e. The Hall–Kier alpha value is -2.40. The van der Waals surface area contributed by atoms with Gasteiger partial charge in [0.25, 0.3) is 0 Å². The summed E-state index contributed by atoms with van der Waals surface area (Å²) >= 11 is 0. The molecule has 1 aliphatic rings. The van der Waals surface area contributed by atoms with Gasteiger partial charge in [0.1, 0.15) is 11.6 Å². The van der Waals surface area contributed by atoms with Crippen LogP contribution in [-0.4, -0.2) is 50.5 Å². The molecule has 1 heterocycles. The molecular weight excluding hydrogens is 307 g/mol. The number of hydrogen-bond acceptors (Lipinski definition) is 4. The maximum absolute atomic E-state index is 13.0. The summed E-state index contributed by atoms with van der Waals surface area (Å²) in [6.07, 6.45) is 0. The number of nitrogens with zero attached hydrogens (tertiary/aromatic N) is 2. The number of rotatable bonds is 5. The Bertz CT molecular complexity index is 695. The number of Topliss-reactive ketones (excluding diaryl/α,β-unsaturated/α-hetero) is 1. The maximum atomic E-state index is 13.0. The van der Waals surface area contributed by atoms with Crippen LogP contribution in [0.25, 0.3) is 0 Å². The minimum atomic E-state index is -0.222. The van der Waals surface area contributed by atoms with Crippen LogP contribution in [0.1, 0.15) is 10.4 Å². The van der Waals surface area contributed by atoms with Crippen molar-refractivity contribution in [3.8, 4) is 5.75 Å². The highest BCUT2D eigenvalue weighted by Crippen LogP contribution is 2.20. The van der Waals surface area contributed by atoms with Crippen molar-refractivity contribution in [3.05, 3.63) is 59.9 Å². The molecular formula is C19H21FN2O2. The second-order valence-corrected chi connectivity index (χ2v) is 5.86. The average Bonchev–Trinajstić information content (AvgIpc) is 2.63. The fourth-order valence-corrected chi connectivity index (χ4v) is 2.98. The van der Waals surface area contributed by atoms with E-state index in [1.807, 2.05) is 12.1 Å². The summed E-state index contributed by atoms with van der Waals surface area (Å²) in [7, 11) is 1.58. The minimum absolute atomic E-state index is 0.0719. The van der Waals surface area contributed by atoms with E-state index in [0.717, 1.165) is 31.9 Å². The molecule has 5 heteroatoms. The third kappa shape index (κ3) is 3.74. The molecule has 0 saturated carbocycles. The van der Waals surface area contributed by atoms with Gasteiger partial charge in [0.2, 0.25) is 0 Å². The van der Waals surface area contributed by atoms with Crippen LogP contribution < -0.4 is 9.64 Å². The van der Waals surface area contributed by atoms with Gasteiger partial charge < -0.3 is 9.64 Å². The molecule has 24 heavy (non-hydrogen) atoms. The Kier molecular flexibility index (Phi) is 5.11. The normalized spacial score (nSPS) is 15.3. The highest BCUT2D eigenvalue weighted by atomic mass is 19.1. The lowest BCUT2D eigenvalue weighted by atomic mass is 10.1.